The number of ketones is 1. The van der Waals surface area contributed by atoms with E-state index in [0.29, 0.717) is 24.4 Å². The first-order valence-electron chi connectivity index (χ1n) is 12.6. The van der Waals surface area contributed by atoms with Crippen LogP contribution in [0.3, 0.4) is 0 Å². The third-order valence-electron chi connectivity index (χ3n) is 6.62. The number of aliphatic hydroxyl groups excluding tert-OH is 1. The second-order valence-corrected chi connectivity index (χ2v) is 11.4. The number of hydrogen-bond donors (Lipinski definition) is 1. The summed E-state index contributed by atoms with van der Waals surface area (Å²) in [6.45, 7) is 1.72. The highest BCUT2D eigenvalue weighted by atomic mass is 32.2. The van der Waals surface area contributed by atoms with E-state index in [1.54, 1.807) is 30.3 Å². The Bertz CT molecular complexity index is 1360. The zero-order valence-electron chi connectivity index (χ0n) is 20.9. The van der Waals surface area contributed by atoms with Gasteiger partial charge >= 0.3 is 0 Å². The average Bonchev–Trinajstić information content (AvgIpc) is 3.34. The van der Waals surface area contributed by atoms with Crippen LogP contribution in [0.1, 0.15) is 35.1 Å². The number of carbonyl (C=O) groups excluding carboxylic acids is 1. The first-order valence-corrected chi connectivity index (χ1v) is 14.3. The van der Waals surface area contributed by atoms with Crippen LogP contribution in [0, 0.1) is 0 Å². The van der Waals surface area contributed by atoms with Gasteiger partial charge in [0.2, 0.25) is 0 Å². The molecular weight excluding hydrogens is 482 g/mol. The second-order valence-electron chi connectivity index (χ2n) is 9.30. The van der Waals surface area contributed by atoms with Gasteiger partial charge in [-0.2, -0.15) is 0 Å². The second kappa shape index (κ2) is 12.8. The fourth-order valence-electron chi connectivity index (χ4n) is 4.60. The predicted molar refractivity (Wildman–Crippen MR) is 149 cm³/mol. The van der Waals surface area contributed by atoms with Crippen LogP contribution >= 0.6 is 0 Å². The minimum atomic E-state index is -3.31. The van der Waals surface area contributed by atoms with Crippen molar-refractivity contribution in [1.29, 1.82) is 0 Å². The van der Waals surface area contributed by atoms with E-state index < -0.39 is 16.4 Å². The number of hydrogen-bond acceptors (Lipinski definition) is 5. The smallest absolute Gasteiger partial charge is 0.181 e. The Kier molecular flexibility index (Phi) is 9.23. The number of aliphatic hydroxyl groups is 1. The molecule has 0 saturated carbocycles. The molecule has 0 atom stereocenters. The van der Waals surface area contributed by atoms with E-state index in [4.69, 9.17) is 5.11 Å². The molecule has 0 fully saturated rings. The maximum absolute atomic E-state index is 12.8. The van der Waals surface area contributed by atoms with Crippen molar-refractivity contribution in [2.75, 3.05) is 25.4 Å². The molecular formula is C31H33NO4S. The van der Waals surface area contributed by atoms with Gasteiger partial charge in [0.15, 0.2) is 15.6 Å². The van der Waals surface area contributed by atoms with Gasteiger partial charge < -0.3 is 5.11 Å². The summed E-state index contributed by atoms with van der Waals surface area (Å²) >= 11 is 0. The molecule has 0 radical (unpaired) electrons. The Hall–Kier alpha value is -3.32. The lowest BCUT2D eigenvalue weighted by Gasteiger charge is -2.23. The van der Waals surface area contributed by atoms with Gasteiger partial charge in [-0.15, -0.1) is 0 Å². The van der Waals surface area contributed by atoms with Crippen LogP contribution in [0.25, 0.3) is 11.6 Å². The monoisotopic (exact) mass is 515 g/mol. The maximum atomic E-state index is 12.8. The third kappa shape index (κ3) is 7.59. The molecule has 0 unspecified atom stereocenters. The van der Waals surface area contributed by atoms with Crippen molar-refractivity contribution in [3.63, 3.8) is 0 Å². The molecule has 3 aromatic rings. The zero-order chi connectivity index (χ0) is 26.1. The highest BCUT2D eigenvalue weighted by molar-refractivity contribution is 7.91. The molecule has 192 valence electrons. The number of nitrogens with zero attached hydrogens (tertiary/aromatic N) is 1. The first-order chi connectivity index (χ1) is 17.9. The highest BCUT2D eigenvalue weighted by Crippen LogP contribution is 2.29. The molecule has 0 aromatic heterocycles. The van der Waals surface area contributed by atoms with Gasteiger partial charge in [0.1, 0.15) is 6.61 Å². The van der Waals surface area contributed by atoms with Crippen molar-refractivity contribution in [3.8, 4) is 0 Å². The molecule has 4 rings (SSSR count). The van der Waals surface area contributed by atoms with E-state index in [-0.39, 0.29) is 11.5 Å². The van der Waals surface area contributed by atoms with Crippen molar-refractivity contribution in [2.45, 2.75) is 30.7 Å². The molecule has 1 aliphatic rings. The lowest BCUT2D eigenvalue weighted by molar-refractivity contribution is -0.117. The number of benzene rings is 3. The van der Waals surface area contributed by atoms with E-state index in [2.05, 4.69) is 35.2 Å². The topological polar surface area (TPSA) is 74.7 Å². The van der Waals surface area contributed by atoms with Gasteiger partial charge in [0, 0.05) is 13.1 Å². The van der Waals surface area contributed by atoms with Gasteiger partial charge in [-0.25, -0.2) is 8.42 Å². The molecule has 6 heteroatoms. The van der Waals surface area contributed by atoms with Crippen LogP contribution in [0.15, 0.2) is 95.9 Å². The number of allylic oxidation sites excluding steroid dienone is 1. The summed E-state index contributed by atoms with van der Waals surface area (Å²) in [5, 5.41) is 8.88. The number of sulfone groups is 1. The largest absolute Gasteiger partial charge is 0.388 e. The van der Waals surface area contributed by atoms with Crippen LogP contribution < -0.4 is 0 Å². The van der Waals surface area contributed by atoms with Crippen molar-refractivity contribution >= 4 is 27.3 Å². The van der Waals surface area contributed by atoms with Crippen molar-refractivity contribution < 1.29 is 18.3 Å². The van der Waals surface area contributed by atoms with Crippen LogP contribution in [0.2, 0.25) is 0 Å². The summed E-state index contributed by atoms with van der Waals surface area (Å²) in [5.41, 5.74) is 6.05. The molecule has 1 N–H and O–H groups in total. The molecule has 0 spiro atoms. The van der Waals surface area contributed by atoms with Crippen molar-refractivity contribution in [2.24, 2.45) is 0 Å². The first kappa shape index (κ1) is 26.7. The number of rotatable bonds is 13. The Labute approximate surface area is 219 Å². The molecule has 0 saturated heterocycles. The summed E-state index contributed by atoms with van der Waals surface area (Å²) < 4.78 is 25.5. The number of carbonyl (C=O) groups is 1. The van der Waals surface area contributed by atoms with Crippen LogP contribution in [0.4, 0.5) is 0 Å². The number of fused-ring (bicyclic) bond motifs is 1. The summed E-state index contributed by atoms with van der Waals surface area (Å²) in [6.07, 6.45) is 7.80. The van der Waals surface area contributed by atoms with Crippen molar-refractivity contribution in [1.82, 2.24) is 4.90 Å². The predicted octanol–water partition coefficient (Wildman–Crippen LogP) is 4.96. The molecule has 0 heterocycles. The van der Waals surface area contributed by atoms with Crippen LogP contribution in [-0.4, -0.2) is 49.7 Å². The molecule has 0 aliphatic heterocycles. The van der Waals surface area contributed by atoms with Gasteiger partial charge in [-0.3, -0.25) is 9.69 Å². The lowest BCUT2D eigenvalue weighted by atomic mass is 10.0. The van der Waals surface area contributed by atoms with E-state index in [1.807, 2.05) is 30.3 Å². The SMILES string of the molecule is O=C(/C=C/c1ccc(CN(CCCS(=O)(=O)c2ccccc2)CCC2=CCc3ccccc32)cc1)CO. The van der Waals surface area contributed by atoms with E-state index in [1.165, 1.54) is 22.8 Å². The lowest BCUT2D eigenvalue weighted by Crippen LogP contribution is -2.27. The third-order valence-corrected chi connectivity index (χ3v) is 8.44. The molecule has 1 aliphatic carbocycles. The standard InChI is InChI=1S/C31H33NO4S/c33-24-29(34)18-15-25-11-13-26(14-12-25)23-32(20-6-22-37(35,36)30-8-2-1-3-9-30)21-19-28-17-16-27-7-4-5-10-31(27)28/h1-5,7-15,17-18,33H,6,16,19-24H2/b18-15+. The summed E-state index contributed by atoms with van der Waals surface area (Å²) in [6, 6.07) is 25.1. The molecule has 37 heavy (non-hydrogen) atoms. The maximum Gasteiger partial charge on any atom is 0.181 e. The molecule has 0 bridgehead atoms. The summed E-state index contributed by atoms with van der Waals surface area (Å²) in [4.78, 5) is 14.0. The normalized spacial score (nSPS) is 13.2. The Morgan fingerprint density at radius 3 is 2.41 bits per heavy atom. The zero-order valence-corrected chi connectivity index (χ0v) is 21.7. The quantitative estimate of drug-likeness (QED) is 0.326. The highest BCUT2D eigenvalue weighted by Gasteiger charge is 2.17. The molecule has 0 amide bonds. The minimum absolute atomic E-state index is 0.113. The Morgan fingerprint density at radius 2 is 1.65 bits per heavy atom. The summed E-state index contributed by atoms with van der Waals surface area (Å²) in [5.74, 6) is -0.217. The van der Waals surface area contributed by atoms with Gasteiger partial charge in [-0.1, -0.05) is 78.9 Å². The molecule has 5 nitrogen and oxygen atoms in total. The van der Waals surface area contributed by atoms with E-state index in [0.717, 1.165) is 30.5 Å². The van der Waals surface area contributed by atoms with E-state index in [9.17, 15) is 13.2 Å². The average molecular weight is 516 g/mol. The molecule has 3 aromatic carbocycles. The van der Waals surface area contributed by atoms with E-state index >= 15 is 0 Å². The van der Waals surface area contributed by atoms with Crippen LogP contribution in [0.5, 0.6) is 0 Å². The summed E-state index contributed by atoms with van der Waals surface area (Å²) in [7, 11) is -3.31. The van der Waals surface area contributed by atoms with Gasteiger partial charge in [-0.05, 0) is 71.8 Å². The van der Waals surface area contributed by atoms with Gasteiger partial charge in [0.05, 0.1) is 10.6 Å². The van der Waals surface area contributed by atoms with Crippen LogP contribution in [-0.2, 0) is 27.6 Å². The fraction of sp³-hybridized carbons (Fsp3) is 0.258. The van der Waals surface area contributed by atoms with Crippen molar-refractivity contribution in [3.05, 3.63) is 113 Å². The Balaban J connectivity index is 1.41. The fourth-order valence-corrected chi connectivity index (χ4v) is 5.91. The Morgan fingerprint density at radius 1 is 0.919 bits per heavy atom. The van der Waals surface area contributed by atoms with Gasteiger partial charge in [0.25, 0.3) is 0 Å². The minimum Gasteiger partial charge on any atom is -0.388 e.